The van der Waals surface area contributed by atoms with Crippen LogP contribution in [0.25, 0.3) is 0 Å². The van der Waals surface area contributed by atoms with Crippen molar-refractivity contribution in [2.24, 2.45) is 0 Å². The van der Waals surface area contributed by atoms with E-state index in [4.69, 9.17) is 19.6 Å². The summed E-state index contributed by atoms with van der Waals surface area (Å²) in [5.74, 6) is 0. The molecule has 0 heterocycles. The molecule has 0 bridgehead atoms. The van der Waals surface area contributed by atoms with Gasteiger partial charge in [-0.15, -0.1) is 0 Å². The first-order valence-electron chi connectivity index (χ1n) is 8.91. The fourth-order valence-electron chi connectivity index (χ4n) is 2.63. The van der Waals surface area contributed by atoms with E-state index < -0.39 is 22.5 Å². The summed E-state index contributed by atoms with van der Waals surface area (Å²) in [5.41, 5.74) is 0. The molecule has 0 aliphatic rings. The second-order valence-corrected chi connectivity index (χ2v) is 13.6. The molecule has 0 fully saturated rings. The van der Waals surface area contributed by atoms with Crippen molar-refractivity contribution in [3.63, 3.8) is 0 Å². The lowest BCUT2D eigenvalue weighted by atomic mass is 10.4. The molecule has 0 spiro atoms. The van der Waals surface area contributed by atoms with E-state index in [2.05, 4.69) is 97.7 Å². The number of hydrogen-bond acceptors (Lipinski definition) is 2. The molecule has 3 aromatic rings. The summed E-state index contributed by atoms with van der Waals surface area (Å²) >= 11 is 0. The van der Waals surface area contributed by atoms with Gasteiger partial charge in [0.25, 0.3) is 0 Å². The highest BCUT2D eigenvalue weighted by molar-refractivity contribution is 7.95. The lowest BCUT2D eigenvalue weighted by Gasteiger charge is -2.22. The van der Waals surface area contributed by atoms with Gasteiger partial charge in [-0.25, -0.2) is 0 Å². The Hall–Kier alpha value is -1.61. The minimum Gasteiger partial charge on any atom is -0.325 e. The lowest BCUT2D eigenvalue weighted by molar-refractivity contribution is 0.379. The molecule has 30 heavy (non-hydrogen) atoms. The fraction of sp³-hybridized carbons (Fsp3) is 0.143. The van der Waals surface area contributed by atoms with Crippen LogP contribution in [0.3, 0.4) is 0 Å². The molecule has 0 amide bonds. The van der Waals surface area contributed by atoms with Crippen LogP contribution >= 0.6 is 22.5 Å². The molecule has 0 atom stereocenters. The van der Waals surface area contributed by atoms with Crippen molar-refractivity contribution in [3.05, 3.63) is 91.0 Å². The third kappa shape index (κ3) is 10.4. The van der Waals surface area contributed by atoms with Crippen LogP contribution in [0, 0.1) is 0 Å². The van der Waals surface area contributed by atoms with Crippen LogP contribution in [-0.2, 0) is 9.13 Å². The highest BCUT2D eigenvalue weighted by Crippen LogP contribution is 2.51. The van der Waals surface area contributed by atoms with E-state index in [1.54, 1.807) is 0 Å². The highest BCUT2D eigenvalue weighted by Gasteiger charge is 2.39. The molecule has 9 heteroatoms. The first kappa shape index (κ1) is 26.4. The summed E-state index contributed by atoms with van der Waals surface area (Å²) in [4.78, 5) is 30.5. The summed E-state index contributed by atoms with van der Waals surface area (Å²) in [6.45, 7) is 4.12. The predicted octanol–water partition coefficient (Wildman–Crippen LogP) is 3.20. The van der Waals surface area contributed by atoms with Crippen molar-refractivity contribution >= 4 is 38.4 Å². The van der Waals surface area contributed by atoms with E-state index in [-0.39, 0.29) is 0 Å². The maximum absolute atomic E-state index is 9.33. The third-order valence-electron chi connectivity index (χ3n) is 3.82. The van der Waals surface area contributed by atoms with Gasteiger partial charge in [-0.2, -0.15) is 0 Å². The summed E-state index contributed by atoms with van der Waals surface area (Å²) < 4.78 is 18.7. The summed E-state index contributed by atoms with van der Waals surface area (Å²) in [7, 11) is -8.80. The van der Waals surface area contributed by atoms with Crippen LogP contribution in [0.4, 0.5) is 0 Å². The van der Waals surface area contributed by atoms with Crippen molar-refractivity contribution in [2.75, 3.05) is 20.0 Å². The average Bonchev–Trinajstić information content (AvgIpc) is 2.67. The van der Waals surface area contributed by atoms with Gasteiger partial charge in [0.2, 0.25) is 0 Å². The van der Waals surface area contributed by atoms with Crippen LogP contribution in [0.15, 0.2) is 91.0 Å². The molecule has 6 nitrogen and oxygen atoms in total. The van der Waals surface area contributed by atoms with Gasteiger partial charge in [-0.05, 0) is 36.4 Å². The molecule has 0 saturated heterocycles. The van der Waals surface area contributed by atoms with Gasteiger partial charge in [0.1, 0.15) is 23.2 Å². The zero-order valence-corrected chi connectivity index (χ0v) is 19.8. The number of hydrogen-bond donors (Lipinski definition) is 4. The average molecular weight is 469 g/mol. The molecule has 0 unspecified atom stereocenters. The van der Waals surface area contributed by atoms with Crippen LogP contribution in [0.2, 0.25) is 0 Å². The van der Waals surface area contributed by atoms with Gasteiger partial charge in [-0.1, -0.05) is 54.6 Å². The van der Waals surface area contributed by atoms with Crippen molar-refractivity contribution in [3.8, 4) is 0 Å². The zero-order chi connectivity index (χ0) is 22.8. The summed E-state index contributed by atoms with van der Waals surface area (Å²) in [6, 6.07) is 32.6. The Morgan fingerprint density at radius 1 is 0.533 bits per heavy atom. The maximum Gasteiger partial charge on any atom is 0.322 e. The predicted molar refractivity (Wildman–Crippen MR) is 127 cm³/mol. The quantitative estimate of drug-likeness (QED) is 0.438. The highest BCUT2D eigenvalue weighted by atomic mass is 31.2. The Bertz CT molecular complexity index is 836. The number of rotatable bonds is 3. The normalized spacial score (nSPS) is 11.4. The Morgan fingerprint density at radius 3 is 0.867 bits per heavy atom. The molecule has 3 aromatic carbocycles. The van der Waals surface area contributed by atoms with E-state index >= 15 is 0 Å². The van der Waals surface area contributed by atoms with Gasteiger partial charge in [0.15, 0.2) is 0 Å². The number of benzene rings is 3. The minimum absolute atomic E-state index is 0.854. The van der Waals surface area contributed by atoms with Gasteiger partial charge < -0.3 is 19.6 Å². The first-order valence-corrected chi connectivity index (χ1v) is 15.3. The van der Waals surface area contributed by atoms with Crippen molar-refractivity contribution in [2.45, 2.75) is 0 Å². The molecule has 162 valence electrons. The molecule has 0 aromatic heterocycles. The second kappa shape index (κ2) is 11.7. The molecule has 4 N–H and O–H groups in total. The third-order valence-corrected chi connectivity index (χ3v) is 7.81. The van der Waals surface area contributed by atoms with Gasteiger partial charge >= 0.3 is 15.2 Å². The van der Waals surface area contributed by atoms with Gasteiger partial charge in [0, 0.05) is 13.3 Å². The minimum atomic E-state index is -3.64. The molecule has 3 rings (SSSR count). The first-order chi connectivity index (χ1) is 13.8. The smallest absolute Gasteiger partial charge is 0.322 e. The Morgan fingerprint density at radius 2 is 0.700 bits per heavy atom. The molecule has 0 saturated carbocycles. The zero-order valence-electron chi connectivity index (χ0n) is 17.1. The van der Waals surface area contributed by atoms with Crippen LogP contribution in [-0.4, -0.2) is 39.6 Å². The van der Waals surface area contributed by atoms with E-state index in [9.17, 15) is 9.13 Å². The molecule has 0 aliphatic carbocycles. The largest absolute Gasteiger partial charge is 0.325 e. The molecular weight excluding hydrogens is 441 g/mol. The lowest BCUT2D eigenvalue weighted by Crippen LogP contribution is -2.30. The Labute approximate surface area is 178 Å². The fourth-order valence-corrected chi connectivity index (χ4v) is 5.83. The van der Waals surface area contributed by atoms with Crippen LogP contribution in [0.5, 0.6) is 0 Å². The van der Waals surface area contributed by atoms with Gasteiger partial charge in [0.05, 0.1) is 6.66 Å². The summed E-state index contributed by atoms with van der Waals surface area (Å²) in [6.07, 6.45) is 0. The van der Waals surface area contributed by atoms with Gasteiger partial charge in [-0.3, -0.25) is 9.13 Å². The monoisotopic (exact) mass is 469 g/mol. The summed E-state index contributed by atoms with van der Waals surface area (Å²) in [5, 5.41) is 4.28. The molecular formula is C21H28O6P3+. The Kier molecular flexibility index (Phi) is 10.3. The van der Waals surface area contributed by atoms with E-state index in [0.717, 1.165) is 13.3 Å². The van der Waals surface area contributed by atoms with Crippen LogP contribution < -0.4 is 15.9 Å². The van der Waals surface area contributed by atoms with E-state index in [0.29, 0.717) is 0 Å². The topological polar surface area (TPSA) is 115 Å². The van der Waals surface area contributed by atoms with E-state index in [1.165, 1.54) is 15.9 Å². The Balaban J connectivity index is 0.000000378. The molecule has 0 aliphatic heterocycles. The second-order valence-electron chi connectivity index (χ2n) is 6.68. The van der Waals surface area contributed by atoms with Crippen LogP contribution in [0.1, 0.15) is 0 Å². The van der Waals surface area contributed by atoms with Crippen molar-refractivity contribution in [1.29, 1.82) is 0 Å². The molecule has 0 radical (unpaired) electrons. The van der Waals surface area contributed by atoms with E-state index in [1.807, 2.05) is 0 Å². The SMILES string of the molecule is CP(=O)(O)O.CP(=O)(O)O.C[P+](c1ccccc1)(c1ccccc1)c1ccccc1. The van der Waals surface area contributed by atoms with Crippen molar-refractivity contribution in [1.82, 2.24) is 0 Å². The standard InChI is InChI=1S/C19H18P.2CH5O3P/c1-20(17-11-5-2-6-12-17,18-13-7-3-8-14-18)19-15-9-4-10-16-19;2*1-5(2,3)4/h2-16H,1H3;2*1H3,(H2,2,3,4)/q+1;;. The van der Waals surface area contributed by atoms with Crippen molar-refractivity contribution < 1.29 is 28.7 Å². The maximum atomic E-state index is 9.33.